The van der Waals surface area contributed by atoms with E-state index in [0.29, 0.717) is 6.54 Å². The summed E-state index contributed by atoms with van der Waals surface area (Å²) in [5.41, 5.74) is 1.19. The number of hydrogen-bond donors (Lipinski definition) is 1. The van der Waals surface area contributed by atoms with Gasteiger partial charge in [-0.15, -0.1) is 0 Å². The summed E-state index contributed by atoms with van der Waals surface area (Å²) in [7, 11) is 0. The van der Waals surface area contributed by atoms with Gasteiger partial charge in [-0.05, 0) is 18.9 Å². The van der Waals surface area contributed by atoms with Crippen LogP contribution in [0.3, 0.4) is 0 Å². The van der Waals surface area contributed by atoms with E-state index in [0.717, 1.165) is 44.7 Å². The minimum atomic E-state index is -0.382. The molecule has 7 nitrogen and oxygen atoms in total. The summed E-state index contributed by atoms with van der Waals surface area (Å²) < 4.78 is 0. The Kier molecular flexibility index (Phi) is 6.69. The first kappa shape index (κ1) is 18.4. The molecule has 24 heavy (non-hydrogen) atoms. The third-order valence-electron chi connectivity index (χ3n) is 4.41. The van der Waals surface area contributed by atoms with Crippen LogP contribution >= 0.6 is 0 Å². The highest BCUT2D eigenvalue weighted by Gasteiger charge is 2.19. The third-order valence-corrected chi connectivity index (χ3v) is 4.41. The second-order valence-corrected chi connectivity index (χ2v) is 6.35. The van der Waals surface area contributed by atoms with Crippen LogP contribution in [0.25, 0.3) is 0 Å². The molecule has 132 valence electrons. The fourth-order valence-electron chi connectivity index (χ4n) is 2.71. The minimum Gasteiger partial charge on any atom is -0.353 e. The Hall–Kier alpha value is -1.99. The standard InChI is InChI=1S/C17H26N4O3/c1-3-14(2)18-17(22)13-20-10-8-19(9-11-20)12-15-4-6-16(7-5-15)21(23)24/h4-7,14H,3,8-13H2,1-2H3,(H,18,22). The van der Waals surface area contributed by atoms with Gasteiger partial charge in [0.2, 0.25) is 5.91 Å². The van der Waals surface area contributed by atoms with Gasteiger partial charge in [0.15, 0.2) is 0 Å². The van der Waals surface area contributed by atoms with Crippen molar-refractivity contribution in [3.05, 3.63) is 39.9 Å². The molecule has 0 aliphatic carbocycles. The highest BCUT2D eigenvalue weighted by atomic mass is 16.6. The maximum atomic E-state index is 11.9. The molecule has 0 saturated carbocycles. The van der Waals surface area contributed by atoms with Crippen molar-refractivity contribution in [2.24, 2.45) is 0 Å². The van der Waals surface area contributed by atoms with Crippen LogP contribution in [0.5, 0.6) is 0 Å². The largest absolute Gasteiger partial charge is 0.353 e. The molecule has 0 radical (unpaired) electrons. The number of nitro benzene ring substituents is 1. The molecule has 1 aliphatic rings. The number of carbonyl (C=O) groups is 1. The van der Waals surface area contributed by atoms with Gasteiger partial charge in [0, 0.05) is 50.9 Å². The fraction of sp³-hybridized carbons (Fsp3) is 0.588. The molecule has 1 aliphatic heterocycles. The van der Waals surface area contributed by atoms with E-state index >= 15 is 0 Å². The van der Waals surface area contributed by atoms with Crippen LogP contribution in [0.15, 0.2) is 24.3 Å². The van der Waals surface area contributed by atoms with Gasteiger partial charge in [0.1, 0.15) is 0 Å². The summed E-state index contributed by atoms with van der Waals surface area (Å²) in [5, 5.41) is 13.7. The van der Waals surface area contributed by atoms with Crippen molar-refractivity contribution in [1.82, 2.24) is 15.1 Å². The van der Waals surface area contributed by atoms with Crippen molar-refractivity contribution in [2.75, 3.05) is 32.7 Å². The van der Waals surface area contributed by atoms with Crippen molar-refractivity contribution in [3.63, 3.8) is 0 Å². The molecule has 1 heterocycles. The second kappa shape index (κ2) is 8.75. The molecule has 7 heteroatoms. The lowest BCUT2D eigenvalue weighted by molar-refractivity contribution is -0.384. The topological polar surface area (TPSA) is 78.7 Å². The number of nitrogens with one attached hydrogen (secondary N) is 1. The Bertz CT molecular complexity index is 553. The van der Waals surface area contributed by atoms with Gasteiger partial charge < -0.3 is 5.32 Å². The van der Waals surface area contributed by atoms with Crippen molar-refractivity contribution in [2.45, 2.75) is 32.9 Å². The van der Waals surface area contributed by atoms with Crippen LogP contribution in [0.2, 0.25) is 0 Å². The number of hydrogen-bond acceptors (Lipinski definition) is 5. The average molecular weight is 334 g/mol. The number of rotatable bonds is 7. The molecule has 1 saturated heterocycles. The van der Waals surface area contributed by atoms with Crippen LogP contribution in [0.1, 0.15) is 25.8 Å². The Labute approximate surface area is 142 Å². The number of benzene rings is 1. The summed E-state index contributed by atoms with van der Waals surface area (Å²) in [6.07, 6.45) is 0.939. The van der Waals surface area contributed by atoms with E-state index in [4.69, 9.17) is 0 Å². The van der Waals surface area contributed by atoms with Crippen LogP contribution < -0.4 is 5.32 Å². The molecular weight excluding hydrogens is 308 g/mol. The van der Waals surface area contributed by atoms with Crippen LogP contribution in [0, 0.1) is 10.1 Å². The molecule has 0 spiro atoms. The molecule has 1 aromatic rings. The Balaban J connectivity index is 1.74. The van der Waals surface area contributed by atoms with E-state index in [1.54, 1.807) is 12.1 Å². The normalized spacial score (nSPS) is 17.4. The lowest BCUT2D eigenvalue weighted by Gasteiger charge is -2.34. The predicted octanol–water partition coefficient (Wildman–Crippen LogP) is 1.63. The van der Waals surface area contributed by atoms with Crippen LogP contribution in [0.4, 0.5) is 5.69 Å². The Morgan fingerprint density at radius 2 is 1.79 bits per heavy atom. The molecule has 2 rings (SSSR count). The SMILES string of the molecule is CCC(C)NC(=O)CN1CCN(Cc2ccc([N+](=O)[O-])cc2)CC1. The third kappa shape index (κ3) is 5.58. The maximum absolute atomic E-state index is 11.9. The highest BCUT2D eigenvalue weighted by Crippen LogP contribution is 2.14. The van der Waals surface area contributed by atoms with Crippen LogP contribution in [-0.2, 0) is 11.3 Å². The summed E-state index contributed by atoms with van der Waals surface area (Å²) in [6.45, 7) is 8.82. The zero-order valence-electron chi connectivity index (χ0n) is 14.4. The number of amides is 1. The van der Waals surface area contributed by atoms with Gasteiger partial charge in [0.05, 0.1) is 11.5 Å². The number of nitro groups is 1. The van der Waals surface area contributed by atoms with Gasteiger partial charge >= 0.3 is 0 Å². The predicted molar refractivity (Wildman–Crippen MR) is 92.7 cm³/mol. The molecule has 0 aromatic heterocycles. The number of piperazine rings is 1. The molecule has 1 fully saturated rings. The fourth-order valence-corrected chi connectivity index (χ4v) is 2.71. The van der Waals surface area contributed by atoms with Crippen molar-refractivity contribution in [3.8, 4) is 0 Å². The lowest BCUT2D eigenvalue weighted by Crippen LogP contribution is -2.49. The Morgan fingerprint density at radius 1 is 1.21 bits per heavy atom. The minimum absolute atomic E-state index is 0.0909. The molecular formula is C17H26N4O3. The average Bonchev–Trinajstić information content (AvgIpc) is 2.57. The van der Waals surface area contributed by atoms with E-state index in [-0.39, 0.29) is 22.6 Å². The van der Waals surface area contributed by atoms with Crippen molar-refractivity contribution < 1.29 is 9.72 Å². The number of nitrogens with zero attached hydrogens (tertiary/aromatic N) is 3. The van der Waals surface area contributed by atoms with Gasteiger partial charge in [0.25, 0.3) is 5.69 Å². The van der Waals surface area contributed by atoms with Gasteiger partial charge in [-0.3, -0.25) is 24.7 Å². The first-order chi connectivity index (χ1) is 11.5. The van der Waals surface area contributed by atoms with E-state index in [9.17, 15) is 14.9 Å². The quantitative estimate of drug-likeness (QED) is 0.606. The van der Waals surface area contributed by atoms with Crippen molar-refractivity contribution >= 4 is 11.6 Å². The van der Waals surface area contributed by atoms with E-state index in [1.807, 2.05) is 19.1 Å². The monoisotopic (exact) mass is 334 g/mol. The van der Waals surface area contributed by atoms with Gasteiger partial charge in [-0.25, -0.2) is 0 Å². The van der Waals surface area contributed by atoms with Gasteiger partial charge in [-0.1, -0.05) is 19.1 Å². The van der Waals surface area contributed by atoms with E-state index in [2.05, 4.69) is 22.0 Å². The highest BCUT2D eigenvalue weighted by molar-refractivity contribution is 5.78. The molecule has 1 aromatic carbocycles. The van der Waals surface area contributed by atoms with E-state index in [1.165, 1.54) is 0 Å². The summed E-state index contributed by atoms with van der Waals surface area (Å²) >= 11 is 0. The first-order valence-electron chi connectivity index (χ1n) is 8.45. The maximum Gasteiger partial charge on any atom is 0.269 e. The van der Waals surface area contributed by atoms with Gasteiger partial charge in [-0.2, -0.15) is 0 Å². The molecule has 1 unspecified atom stereocenters. The lowest BCUT2D eigenvalue weighted by atomic mass is 10.2. The molecule has 1 amide bonds. The Morgan fingerprint density at radius 3 is 2.33 bits per heavy atom. The van der Waals surface area contributed by atoms with Crippen molar-refractivity contribution in [1.29, 1.82) is 0 Å². The van der Waals surface area contributed by atoms with E-state index < -0.39 is 0 Å². The molecule has 0 bridgehead atoms. The summed E-state index contributed by atoms with van der Waals surface area (Å²) in [5.74, 6) is 0.0909. The second-order valence-electron chi connectivity index (χ2n) is 6.35. The smallest absolute Gasteiger partial charge is 0.269 e. The zero-order valence-corrected chi connectivity index (χ0v) is 14.4. The molecule has 1 N–H and O–H groups in total. The zero-order chi connectivity index (χ0) is 17.5. The summed E-state index contributed by atoms with van der Waals surface area (Å²) in [4.78, 5) is 26.7. The van der Waals surface area contributed by atoms with Crippen LogP contribution in [-0.4, -0.2) is 59.4 Å². The number of carbonyl (C=O) groups excluding carboxylic acids is 1. The molecule has 1 atom stereocenters. The first-order valence-corrected chi connectivity index (χ1v) is 8.45. The number of non-ortho nitro benzene ring substituents is 1. The summed E-state index contributed by atoms with van der Waals surface area (Å²) in [6, 6.07) is 6.94.